The number of aryl methyl sites for hydroxylation is 1. The average molecular weight is 363 g/mol. The van der Waals surface area contributed by atoms with Crippen LogP contribution in [0.3, 0.4) is 0 Å². The van der Waals surface area contributed by atoms with E-state index in [2.05, 4.69) is 53.3 Å². The van der Waals surface area contributed by atoms with Crippen LogP contribution in [-0.4, -0.2) is 40.8 Å². The molecule has 0 radical (unpaired) electrons. The highest BCUT2D eigenvalue weighted by atomic mass is 16.5. The van der Waals surface area contributed by atoms with Crippen molar-refractivity contribution >= 4 is 22.8 Å². The van der Waals surface area contributed by atoms with Gasteiger partial charge in [0.15, 0.2) is 5.65 Å². The van der Waals surface area contributed by atoms with Crippen LogP contribution in [0.5, 0.6) is 0 Å². The van der Waals surface area contributed by atoms with Gasteiger partial charge in [-0.15, -0.1) is 0 Å². The average Bonchev–Trinajstić information content (AvgIpc) is 2.72. The number of pyridine rings is 1. The molecule has 0 bridgehead atoms. The lowest BCUT2D eigenvalue weighted by atomic mass is 10.1. The highest BCUT2D eigenvalue weighted by molar-refractivity contribution is 5.87. The number of benzene rings is 1. The topological polar surface area (TPSA) is 63.2 Å². The van der Waals surface area contributed by atoms with E-state index >= 15 is 0 Å². The third-order valence-electron chi connectivity index (χ3n) is 5.03. The summed E-state index contributed by atoms with van der Waals surface area (Å²) in [6, 6.07) is 12.7. The van der Waals surface area contributed by atoms with Gasteiger partial charge in [0.2, 0.25) is 5.95 Å². The normalized spacial score (nSPS) is 17.3. The lowest BCUT2D eigenvalue weighted by Gasteiger charge is -2.33. The van der Waals surface area contributed by atoms with E-state index in [0.717, 1.165) is 30.7 Å². The lowest BCUT2D eigenvalue weighted by molar-refractivity contribution is 0.0981. The van der Waals surface area contributed by atoms with Gasteiger partial charge in [-0.1, -0.05) is 31.2 Å². The minimum Gasteiger partial charge on any atom is -0.377 e. The van der Waals surface area contributed by atoms with Gasteiger partial charge in [0, 0.05) is 19.3 Å². The van der Waals surface area contributed by atoms with Crippen LogP contribution in [0.1, 0.15) is 25.0 Å². The Bertz CT molecular complexity index is 929. The largest absolute Gasteiger partial charge is 0.377 e. The molecule has 1 atom stereocenters. The molecule has 0 spiro atoms. The maximum Gasteiger partial charge on any atom is 0.229 e. The number of nitrogens with one attached hydrogen (secondary N) is 1. The predicted molar refractivity (Wildman–Crippen MR) is 108 cm³/mol. The minimum atomic E-state index is 0.244. The molecule has 0 amide bonds. The highest BCUT2D eigenvalue weighted by Gasteiger charge is 2.23. The Hall–Kier alpha value is -2.73. The number of ether oxygens (including phenoxy) is 1. The van der Waals surface area contributed by atoms with E-state index in [1.54, 1.807) is 6.20 Å². The SMILES string of the molecule is CCc1ccccc1CNc1nc(N2CCOC[C@H]2C)nc2ncccc12. The van der Waals surface area contributed by atoms with Crippen LogP contribution >= 0.6 is 0 Å². The van der Waals surface area contributed by atoms with E-state index in [1.165, 1.54) is 11.1 Å². The number of morpholine rings is 1. The van der Waals surface area contributed by atoms with E-state index < -0.39 is 0 Å². The summed E-state index contributed by atoms with van der Waals surface area (Å²) < 4.78 is 5.55. The molecule has 1 N–H and O–H groups in total. The van der Waals surface area contributed by atoms with Crippen LogP contribution in [0.2, 0.25) is 0 Å². The highest BCUT2D eigenvalue weighted by Crippen LogP contribution is 2.25. The Morgan fingerprint density at radius 2 is 2.00 bits per heavy atom. The quantitative estimate of drug-likeness (QED) is 0.749. The molecule has 2 aromatic heterocycles. The summed E-state index contributed by atoms with van der Waals surface area (Å²) in [5.74, 6) is 1.54. The second-order valence-corrected chi connectivity index (χ2v) is 6.84. The standard InChI is InChI=1S/C21H25N5O/c1-3-16-7-4-5-8-17(16)13-23-20-18-9-6-10-22-19(18)24-21(25-20)26-11-12-27-14-15(26)2/h4-10,15H,3,11-14H2,1-2H3,(H,22,23,24,25)/t15-/m1/s1. The summed E-state index contributed by atoms with van der Waals surface area (Å²) in [4.78, 5) is 16.2. The molecular weight excluding hydrogens is 338 g/mol. The first-order valence-corrected chi connectivity index (χ1v) is 9.54. The Labute approximate surface area is 159 Å². The molecule has 4 rings (SSSR count). The van der Waals surface area contributed by atoms with Crippen LogP contribution in [0.15, 0.2) is 42.6 Å². The van der Waals surface area contributed by atoms with E-state index in [4.69, 9.17) is 14.7 Å². The zero-order valence-corrected chi connectivity index (χ0v) is 15.9. The maximum absolute atomic E-state index is 5.55. The second kappa shape index (κ2) is 7.88. The van der Waals surface area contributed by atoms with Crippen molar-refractivity contribution in [1.82, 2.24) is 15.0 Å². The Kier molecular flexibility index (Phi) is 5.16. The molecule has 3 aromatic rings. The summed E-state index contributed by atoms with van der Waals surface area (Å²) in [6.07, 6.45) is 2.79. The fourth-order valence-corrected chi connectivity index (χ4v) is 3.49. The van der Waals surface area contributed by atoms with Gasteiger partial charge in [-0.05, 0) is 36.6 Å². The molecule has 6 heteroatoms. The Balaban J connectivity index is 1.68. The summed E-state index contributed by atoms with van der Waals surface area (Å²) in [5.41, 5.74) is 3.35. The van der Waals surface area contributed by atoms with Crippen molar-refractivity contribution in [3.8, 4) is 0 Å². The molecule has 1 aliphatic heterocycles. The number of rotatable bonds is 5. The number of hydrogen-bond acceptors (Lipinski definition) is 6. The van der Waals surface area contributed by atoms with Crippen LogP contribution in [-0.2, 0) is 17.7 Å². The number of aromatic nitrogens is 3. The van der Waals surface area contributed by atoms with Crippen molar-refractivity contribution in [1.29, 1.82) is 0 Å². The van der Waals surface area contributed by atoms with Gasteiger partial charge in [-0.25, -0.2) is 4.98 Å². The van der Waals surface area contributed by atoms with E-state index in [0.29, 0.717) is 24.8 Å². The number of hydrogen-bond donors (Lipinski definition) is 1. The molecule has 0 aliphatic carbocycles. The van der Waals surface area contributed by atoms with E-state index in [9.17, 15) is 0 Å². The molecule has 3 heterocycles. The summed E-state index contributed by atoms with van der Waals surface area (Å²) >= 11 is 0. The van der Waals surface area contributed by atoms with Gasteiger partial charge >= 0.3 is 0 Å². The van der Waals surface area contributed by atoms with Crippen LogP contribution in [0.4, 0.5) is 11.8 Å². The van der Waals surface area contributed by atoms with Crippen molar-refractivity contribution in [2.45, 2.75) is 32.9 Å². The van der Waals surface area contributed by atoms with Gasteiger partial charge < -0.3 is 15.0 Å². The monoisotopic (exact) mass is 363 g/mol. The zero-order valence-electron chi connectivity index (χ0n) is 15.9. The van der Waals surface area contributed by atoms with Crippen LogP contribution in [0, 0.1) is 0 Å². The first-order chi connectivity index (χ1) is 13.3. The Morgan fingerprint density at radius 1 is 1.15 bits per heavy atom. The van der Waals surface area contributed by atoms with Crippen molar-refractivity contribution in [2.24, 2.45) is 0 Å². The third-order valence-corrected chi connectivity index (χ3v) is 5.03. The molecular formula is C21H25N5O. The van der Waals surface area contributed by atoms with Gasteiger partial charge in [-0.3, -0.25) is 0 Å². The third kappa shape index (κ3) is 3.71. The molecule has 140 valence electrons. The van der Waals surface area contributed by atoms with Crippen molar-refractivity contribution in [2.75, 3.05) is 30.0 Å². The number of fused-ring (bicyclic) bond motifs is 1. The second-order valence-electron chi connectivity index (χ2n) is 6.84. The summed E-state index contributed by atoms with van der Waals surface area (Å²) in [6.45, 7) is 7.22. The molecule has 1 fully saturated rings. The summed E-state index contributed by atoms with van der Waals surface area (Å²) in [5, 5.41) is 4.46. The molecule has 1 aromatic carbocycles. The minimum absolute atomic E-state index is 0.244. The smallest absolute Gasteiger partial charge is 0.229 e. The molecule has 1 saturated heterocycles. The first kappa shape index (κ1) is 17.7. The maximum atomic E-state index is 5.55. The first-order valence-electron chi connectivity index (χ1n) is 9.54. The van der Waals surface area contributed by atoms with E-state index in [-0.39, 0.29) is 6.04 Å². The molecule has 0 saturated carbocycles. The number of nitrogens with zero attached hydrogens (tertiary/aromatic N) is 4. The molecule has 1 aliphatic rings. The van der Waals surface area contributed by atoms with Crippen LogP contribution in [0.25, 0.3) is 11.0 Å². The predicted octanol–water partition coefficient (Wildman–Crippen LogP) is 3.42. The summed E-state index contributed by atoms with van der Waals surface area (Å²) in [7, 11) is 0. The van der Waals surface area contributed by atoms with Gasteiger partial charge in [0.1, 0.15) is 5.82 Å². The number of anilines is 2. The lowest BCUT2D eigenvalue weighted by Crippen LogP contribution is -2.44. The van der Waals surface area contributed by atoms with Crippen LogP contribution < -0.4 is 10.2 Å². The van der Waals surface area contributed by atoms with Crippen molar-refractivity contribution in [3.63, 3.8) is 0 Å². The molecule has 27 heavy (non-hydrogen) atoms. The van der Waals surface area contributed by atoms with Crippen molar-refractivity contribution in [3.05, 3.63) is 53.7 Å². The van der Waals surface area contributed by atoms with Gasteiger partial charge in [0.05, 0.1) is 24.6 Å². The van der Waals surface area contributed by atoms with E-state index in [1.807, 2.05) is 12.1 Å². The fraction of sp³-hybridized carbons (Fsp3) is 0.381. The van der Waals surface area contributed by atoms with Gasteiger partial charge in [0.25, 0.3) is 0 Å². The fourth-order valence-electron chi connectivity index (χ4n) is 3.49. The molecule has 6 nitrogen and oxygen atoms in total. The molecule has 0 unspecified atom stereocenters. The van der Waals surface area contributed by atoms with Crippen molar-refractivity contribution < 1.29 is 4.74 Å². The Morgan fingerprint density at radius 3 is 2.81 bits per heavy atom. The zero-order chi connectivity index (χ0) is 18.6. The van der Waals surface area contributed by atoms with Gasteiger partial charge in [-0.2, -0.15) is 9.97 Å².